The van der Waals surface area contributed by atoms with Gasteiger partial charge in [0.2, 0.25) is 15.9 Å². The second-order valence-corrected chi connectivity index (χ2v) is 10.1. The summed E-state index contributed by atoms with van der Waals surface area (Å²) in [4.78, 5) is 17.4. The van der Waals surface area contributed by atoms with Gasteiger partial charge in [0, 0.05) is 19.6 Å². The Morgan fingerprint density at radius 1 is 1.14 bits per heavy atom. The molecule has 1 aromatic rings. The van der Waals surface area contributed by atoms with Gasteiger partial charge in [-0.15, -0.1) is 0 Å². The van der Waals surface area contributed by atoms with Crippen LogP contribution in [-0.2, 0) is 14.8 Å². The summed E-state index contributed by atoms with van der Waals surface area (Å²) in [7, 11) is -3.69. The van der Waals surface area contributed by atoms with Crippen molar-refractivity contribution < 1.29 is 13.2 Å². The lowest BCUT2D eigenvalue weighted by Crippen LogP contribution is -2.51. The van der Waals surface area contributed by atoms with Crippen LogP contribution in [-0.4, -0.2) is 62.9 Å². The zero-order valence-corrected chi connectivity index (χ0v) is 17.8. The average Bonchev–Trinajstić information content (AvgIpc) is 2.70. The van der Waals surface area contributed by atoms with Crippen LogP contribution in [0.2, 0.25) is 0 Å². The van der Waals surface area contributed by atoms with Crippen molar-refractivity contribution in [1.29, 1.82) is 0 Å². The van der Waals surface area contributed by atoms with Crippen LogP contribution in [0.25, 0.3) is 0 Å². The summed E-state index contributed by atoms with van der Waals surface area (Å²) < 4.78 is 27.5. The number of hydrogen-bond donors (Lipinski definition) is 1. The van der Waals surface area contributed by atoms with Gasteiger partial charge in [0.15, 0.2) is 0 Å². The number of carbonyl (C=O) groups is 1. The lowest BCUT2D eigenvalue weighted by molar-refractivity contribution is -0.134. The lowest BCUT2D eigenvalue weighted by atomic mass is 9.94. The summed E-state index contributed by atoms with van der Waals surface area (Å²) in [6.45, 7) is 8.74. The van der Waals surface area contributed by atoms with Crippen LogP contribution >= 0.6 is 0 Å². The number of amides is 1. The monoisotopic (exact) mass is 407 g/mol. The van der Waals surface area contributed by atoms with Gasteiger partial charge in [-0.3, -0.25) is 4.79 Å². The minimum atomic E-state index is -3.69. The van der Waals surface area contributed by atoms with Crippen molar-refractivity contribution in [3.63, 3.8) is 0 Å². The van der Waals surface area contributed by atoms with E-state index < -0.39 is 16.1 Å². The van der Waals surface area contributed by atoms with Gasteiger partial charge in [0.25, 0.3) is 0 Å². The molecule has 2 fully saturated rings. The molecule has 0 saturated carbocycles. The number of hydrogen-bond acceptors (Lipinski definition) is 4. The number of piperidine rings is 2. The van der Waals surface area contributed by atoms with Crippen LogP contribution in [0.4, 0.5) is 0 Å². The standard InChI is InChI=1S/C21H33N3O3S/c1-17-10-13-23(14-11-17)15-19-7-6-12-24(16-19)21(25)18(2)22-28(26,27)20-8-4-3-5-9-20/h3-5,8-9,17-19,22H,6-7,10-16H2,1-2H3/t18-,19?/m0/s1. The van der Waals surface area contributed by atoms with E-state index in [1.54, 1.807) is 25.1 Å². The maximum Gasteiger partial charge on any atom is 0.241 e. The quantitative estimate of drug-likeness (QED) is 0.786. The number of benzene rings is 1. The maximum atomic E-state index is 12.9. The summed E-state index contributed by atoms with van der Waals surface area (Å²) in [6, 6.07) is 7.44. The van der Waals surface area contributed by atoms with Crippen LogP contribution in [0.3, 0.4) is 0 Å². The predicted molar refractivity (Wildman–Crippen MR) is 110 cm³/mol. The van der Waals surface area contributed by atoms with Gasteiger partial charge in [-0.05, 0) is 69.7 Å². The van der Waals surface area contributed by atoms with E-state index in [4.69, 9.17) is 0 Å². The van der Waals surface area contributed by atoms with Gasteiger partial charge in [-0.1, -0.05) is 25.1 Å². The number of carbonyl (C=O) groups excluding carboxylic acids is 1. The first-order valence-electron chi connectivity index (χ1n) is 10.4. The molecular weight excluding hydrogens is 374 g/mol. The van der Waals surface area contributed by atoms with Gasteiger partial charge < -0.3 is 9.80 Å². The average molecular weight is 408 g/mol. The first-order valence-corrected chi connectivity index (χ1v) is 11.9. The van der Waals surface area contributed by atoms with Gasteiger partial charge in [0.05, 0.1) is 10.9 Å². The Bertz CT molecular complexity index is 745. The molecule has 1 aromatic carbocycles. The van der Waals surface area contributed by atoms with E-state index in [1.807, 2.05) is 4.90 Å². The highest BCUT2D eigenvalue weighted by Crippen LogP contribution is 2.22. The van der Waals surface area contributed by atoms with E-state index in [-0.39, 0.29) is 10.8 Å². The molecule has 1 amide bonds. The van der Waals surface area contributed by atoms with E-state index in [9.17, 15) is 13.2 Å². The van der Waals surface area contributed by atoms with E-state index in [2.05, 4.69) is 16.5 Å². The van der Waals surface area contributed by atoms with E-state index in [0.717, 1.165) is 44.9 Å². The summed E-state index contributed by atoms with van der Waals surface area (Å²) >= 11 is 0. The molecule has 2 aliphatic heterocycles. The van der Waals surface area contributed by atoms with E-state index in [0.29, 0.717) is 12.5 Å². The molecule has 7 heteroatoms. The minimum Gasteiger partial charge on any atom is -0.341 e. The number of nitrogens with one attached hydrogen (secondary N) is 1. The van der Waals surface area contributed by atoms with Crippen LogP contribution in [0.5, 0.6) is 0 Å². The first-order chi connectivity index (χ1) is 13.3. The zero-order valence-electron chi connectivity index (χ0n) is 17.0. The van der Waals surface area contributed by atoms with Crippen LogP contribution in [0, 0.1) is 11.8 Å². The Hall–Kier alpha value is -1.44. The highest BCUT2D eigenvalue weighted by atomic mass is 32.2. The molecule has 6 nitrogen and oxygen atoms in total. The lowest BCUT2D eigenvalue weighted by Gasteiger charge is -2.38. The molecule has 3 rings (SSSR count). The molecule has 156 valence electrons. The Balaban J connectivity index is 1.54. The normalized spacial score (nSPS) is 23.5. The fourth-order valence-electron chi connectivity index (χ4n) is 4.25. The topological polar surface area (TPSA) is 69.7 Å². The zero-order chi connectivity index (χ0) is 20.1. The van der Waals surface area contributed by atoms with Crippen molar-refractivity contribution in [1.82, 2.24) is 14.5 Å². The summed E-state index contributed by atoms with van der Waals surface area (Å²) in [5.41, 5.74) is 0. The van der Waals surface area contributed by atoms with Gasteiger partial charge >= 0.3 is 0 Å². The van der Waals surface area contributed by atoms with Crippen LogP contribution in [0.15, 0.2) is 35.2 Å². The third-order valence-corrected chi connectivity index (χ3v) is 7.54. The van der Waals surface area contributed by atoms with Crippen molar-refractivity contribution in [2.45, 2.75) is 50.5 Å². The number of nitrogens with zero attached hydrogens (tertiary/aromatic N) is 2. The predicted octanol–water partition coefficient (Wildman–Crippen LogP) is 2.32. The van der Waals surface area contributed by atoms with Crippen molar-refractivity contribution in [2.24, 2.45) is 11.8 Å². The molecular formula is C21H33N3O3S. The second-order valence-electron chi connectivity index (χ2n) is 8.43. The minimum absolute atomic E-state index is 0.128. The molecule has 0 aromatic heterocycles. The maximum absolute atomic E-state index is 12.9. The molecule has 1 unspecified atom stereocenters. The summed E-state index contributed by atoms with van der Waals surface area (Å²) in [5.74, 6) is 1.17. The molecule has 2 saturated heterocycles. The van der Waals surface area contributed by atoms with Crippen molar-refractivity contribution in [3.05, 3.63) is 30.3 Å². The third-order valence-electron chi connectivity index (χ3n) is 5.98. The molecule has 0 bridgehead atoms. The van der Waals surface area contributed by atoms with Gasteiger partial charge in [0.1, 0.15) is 0 Å². The van der Waals surface area contributed by atoms with Crippen LogP contribution < -0.4 is 4.72 Å². The fourth-order valence-corrected chi connectivity index (χ4v) is 5.47. The molecule has 2 aliphatic rings. The number of sulfonamides is 1. The molecule has 0 radical (unpaired) electrons. The molecule has 0 spiro atoms. The largest absolute Gasteiger partial charge is 0.341 e. The smallest absolute Gasteiger partial charge is 0.241 e. The van der Waals surface area contributed by atoms with Crippen molar-refractivity contribution >= 4 is 15.9 Å². The van der Waals surface area contributed by atoms with Crippen molar-refractivity contribution in [3.8, 4) is 0 Å². The van der Waals surface area contributed by atoms with E-state index in [1.165, 1.54) is 25.0 Å². The highest BCUT2D eigenvalue weighted by Gasteiger charge is 2.30. The highest BCUT2D eigenvalue weighted by molar-refractivity contribution is 7.89. The van der Waals surface area contributed by atoms with Crippen molar-refractivity contribution in [2.75, 3.05) is 32.7 Å². The molecule has 0 aliphatic carbocycles. The fraction of sp³-hybridized carbons (Fsp3) is 0.667. The number of rotatable bonds is 6. The van der Waals surface area contributed by atoms with Crippen LogP contribution in [0.1, 0.15) is 39.5 Å². The Kier molecular flexibility index (Phi) is 7.12. The molecule has 2 atom stereocenters. The second kappa shape index (κ2) is 9.37. The Morgan fingerprint density at radius 2 is 1.82 bits per heavy atom. The first kappa shape index (κ1) is 21.3. The Labute approximate surface area is 169 Å². The third kappa shape index (κ3) is 5.55. The van der Waals surface area contributed by atoms with Gasteiger partial charge in [-0.25, -0.2) is 8.42 Å². The Morgan fingerprint density at radius 3 is 2.50 bits per heavy atom. The summed E-state index contributed by atoms with van der Waals surface area (Å²) in [6.07, 6.45) is 4.64. The SMILES string of the molecule is CC1CCN(CC2CCCN(C(=O)[C@H](C)NS(=O)(=O)c3ccccc3)C2)CC1. The van der Waals surface area contributed by atoms with Gasteiger partial charge in [-0.2, -0.15) is 4.72 Å². The molecule has 28 heavy (non-hydrogen) atoms. The summed E-state index contributed by atoms with van der Waals surface area (Å²) in [5, 5.41) is 0. The molecule has 1 N–H and O–H groups in total. The molecule has 2 heterocycles. The number of likely N-dealkylation sites (tertiary alicyclic amines) is 2. The van der Waals surface area contributed by atoms with E-state index >= 15 is 0 Å².